The van der Waals surface area contributed by atoms with Gasteiger partial charge in [-0.2, -0.15) is 0 Å². The van der Waals surface area contributed by atoms with Crippen molar-refractivity contribution in [1.82, 2.24) is 0 Å². The molecular weight excluding hydrogens is 264 g/mol. The lowest BCUT2D eigenvalue weighted by molar-refractivity contribution is 0.446. The van der Waals surface area contributed by atoms with Crippen molar-refractivity contribution in [2.45, 2.75) is 52.5 Å². The molecule has 1 aromatic carbocycles. The van der Waals surface area contributed by atoms with E-state index in [2.05, 4.69) is 49.9 Å². The van der Waals surface area contributed by atoms with Gasteiger partial charge in [0.25, 0.3) is 0 Å². The summed E-state index contributed by atoms with van der Waals surface area (Å²) in [5, 5.41) is 0. The van der Waals surface area contributed by atoms with Crippen molar-refractivity contribution in [2.75, 3.05) is 11.4 Å². The summed E-state index contributed by atoms with van der Waals surface area (Å²) in [7, 11) is 0. The largest absolute Gasteiger partial charge is 0.393 e. The van der Waals surface area contributed by atoms with Crippen molar-refractivity contribution in [2.24, 2.45) is 11.1 Å². The Morgan fingerprint density at radius 3 is 2.80 bits per heavy atom. The van der Waals surface area contributed by atoms with E-state index in [9.17, 15) is 0 Å². The maximum absolute atomic E-state index is 5.81. The normalized spacial score (nSPS) is 18.8. The summed E-state index contributed by atoms with van der Waals surface area (Å²) in [5.41, 5.74) is 8.68. The zero-order valence-corrected chi connectivity index (χ0v) is 13.7. The summed E-state index contributed by atoms with van der Waals surface area (Å²) in [4.78, 5) is 3.18. The molecule has 0 amide bonds. The Balaban J connectivity index is 2.01. The third-order valence-electron chi connectivity index (χ3n) is 4.53. The van der Waals surface area contributed by atoms with Crippen LogP contribution in [0.4, 0.5) is 5.69 Å². The first-order valence-corrected chi connectivity index (χ1v) is 7.97. The molecule has 2 nitrogen and oxygen atoms in total. The standard InChI is InChI=1S/C17H26N2S/c1-13-9-10-14-7-4-5-8-15(14)19(13)12-6-11-17(2,3)16(18)20/h4-5,7-8,13H,6,9-12H2,1-3H3,(H2,18,20). The predicted octanol–water partition coefficient (Wildman–Crippen LogP) is 3.92. The van der Waals surface area contributed by atoms with Crippen molar-refractivity contribution in [1.29, 1.82) is 0 Å². The smallest absolute Gasteiger partial charge is 0.0784 e. The maximum Gasteiger partial charge on any atom is 0.0784 e. The number of thiocarbonyl (C=S) groups is 1. The molecule has 0 saturated carbocycles. The first-order chi connectivity index (χ1) is 9.42. The highest BCUT2D eigenvalue weighted by molar-refractivity contribution is 7.80. The van der Waals surface area contributed by atoms with Crippen LogP contribution in [0.15, 0.2) is 24.3 Å². The molecule has 0 fully saturated rings. The minimum atomic E-state index is -0.0339. The molecule has 1 atom stereocenters. The van der Waals surface area contributed by atoms with Gasteiger partial charge in [-0.3, -0.25) is 0 Å². The van der Waals surface area contributed by atoms with Gasteiger partial charge in [0.2, 0.25) is 0 Å². The van der Waals surface area contributed by atoms with E-state index in [1.54, 1.807) is 0 Å². The highest BCUT2D eigenvalue weighted by Gasteiger charge is 2.25. The molecule has 0 bridgehead atoms. The summed E-state index contributed by atoms with van der Waals surface area (Å²) >= 11 is 5.15. The number of nitrogens with zero attached hydrogens (tertiary/aromatic N) is 1. The highest BCUT2D eigenvalue weighted by Crippen LogP contribution is 2.31. The van der Waals surface area contributed by atoms with E-state index < -0.39 is 0 Å². The number of hydrogen-bond acceptors (Lipinski definition) is 2. The van der Waals surface area contributed by atoms with Crippen LogP contribution in [0, 0.1) is 5.41 Å². The van der Waals surface area contributed by atoms with Gasteiger partial charge in [-0.25, -0.2) is 0 Å². The van der Waals surface area contributed by atoms with Gasteiger partial charge >= 0.3 is 0 Å². The van der Waals surface area contributed by atoms with E-state index >= 15 is 0 Å². The second-order valence-electron chi connectivity index (χ2n) is 6.56. The second kappa shape index (κ2) is 6.13. The molecule has 20 heavy (non-hydrogen) atoms. The van der Waals surface area contributed by atoms with Gasteiger partial charge in [0, 0.05) is 23.7 Å². The predicted molar refractivity (Wildman–Crippen MR) is 91.4 cm³/mol. The molecule has 1 aromatic rings. The summed E-state index contributed by atoms with van der Waals surface area (Å²) in [5.74, 6) is 0. The second-order valence-corrected chi connectivity index (χ2v) is 7.00. The Labute approximate surface area is 128 Å². The van der Waals surface area contributed by atoms with E-state index in [0.29, 0.717) is 11.0 Å². The molecule has 0 aromatic heterocycles. The van der Waals surface area contributed by atoms with Gasteiger partial charge in [0.15, 0.2) is 0 Å². The third-order valence-corrected chi connectivity index (χ3v) is 5.08. The molecular formula is C17H26N2S. The number of anilines is 1. The number of rotatable bonds is 5. The van der Waals surface area contributed by atoms with E-state index in [1.165, 1.54) is 24.1 Å². The molecule has 2 N–H and O–H groups in total. The SMILES string of the molecule is CC1CCc2ccccc2N1CCCC(C)(C)C(N)=S. The fourth-order valence-corrected chi connectivity index (χ4v) is 3.02. The summed E-state index contributed by atoms with van der Waals surface area (Å²) in [6, 6.07) is 9.42. The van der Waals surface area contributed by atoms with Crippen LogP contribution in [-0.4, -0.2) is 17.6 Å². The van der Waals surface area contributed by atoms with Crippen molar-refractivity contribution in [3.63, 3.8) is 0 Å². The van der Waals surface area contributed by atoms with Crippen LogP contribution in [-0.2, 0) is 6.42 Å². The van der Waals surface area contributed by atoms with Crippen LogP contribution in [0.3, 0.4) is 0 Å². The molecule has 0 saturated heterocycles. The molecule has 0 aliphatic carbocycles. The van der Waals surface area contributed by atoms with E-state index in [1.807, 2.05) is 0 Å². The summed E-state index contributed by atoms with van der Waals surface area (Å²) < 4.78 is 0. The van der Waals surface area contributed by atoms with Gasteiger partial charge in [-0.05, 0) is 44.2 Å². The summed E-state index contributed by atoms with van der Waals surface area (Å²) in [6.45, 7) is 7.70. The van der Waals surface area contributed by atoms with Crippen molar-refractivity contribution >= 4 is 22.9 Å². The lowest BCUT2D eigenvalue weighted by atomic mass is 9.87. The lowest BCUT2D eigenvalue weighted by Gasteiger charge is -2.38. The van der Waals surface area contributed by atoms with Crippen LogP contribution in [0.1, 0.15) is 45.6 Å². The van der Waals surface area contributed by atoms with Crippen LogP contribution in [0.25, 0.3) is 0 Å². The molecule has 1 heterocycles. The van der Waals surface area contributed by atoms with Crippen LogP contribution in [0.5, 0.6) is 0 Å². The molecule has 1 unspecified atom stereocenters. The fourth-order valence-electron chi connectivity index (χ4n) is 2.92. The molecule has 110 valence electrons. The van der Waals surface area contributed by atoms with Crippen molar-refractivity contribution < 1.29 is 0 Å². The topological polar surface area (TPSA) is 29.3 Å². The number of nitrogens with two attached hydrogens (primary N) is 1. The minimum absolute atomic E-state index is 0.0339. The quantitative estimate of drug-likeness (QED) is 0.833. The number of benzene rings is 1. The van der Waals surface area contributed by atoms with Gasteiger partial charge in [-0.15, -0.1) is 0 Å². The summed E-state index contributed by atoms with van der Waals surface area (Å²) in [6.07, 6.45) is 4.62. The van der Waals surface area contributed by atoms with E-state index in [-0.39, 0.29) is 5.41 Å². The molecule has 0 spiro atoms. The van der Waals surface area contributed by atoms with Crippen LogP contribution in [0.2, 0.25) is 0 Å². The van der Waals surface area contributed by atoms with E-state index in [4.69, 9.17) is 18.0 Å². The first-order valence-electron chi connectivity index (χ1n) is 7.56. The van der Waals surface area contributed by atoms with Gasteiger partial charge < -0.3 is 10.6 Å². The van der Waals surface area contributed by atoms with Crippen molar-refractivity contribution in [3.05, 3.63) is 29.8 Å². The lowest BCUT2D eigenvalue weighted by Crippen LogP contribution is -2.39. The number of para-hydroxylation sites is 1. The fraction of sp³-hybridized carbons (Fsp3) is 0.588. The average Bonchev–Trinajstić information content (AvgIpc) is 2.41. The van der Waals surface area contributed by atoms with Gasteiger partial charge in [-0.1, -0.05) is 44.3 Å². The minimum Gasteiger partial charge on any atom is -0.393 e. The Hall–Kier alpha value is -1.09. The van der Waals surface area contributed by atoms with Gasteiger partial charge in [0.05, 0.1) is 4.99 Å². The Bertz CT molecular complexity index is 482. The third kappa shape index (κ3) is 3.32. The highest BCUT2D eigenvalue weighted by atomic mass is 32.1. The first kappa shape index (κ1) is 15.3. The maximum atomic E-state index is 5.81. The average molecular weight is 290 g/mol. The zero-order valence-electron chi connectivity index (χ0n) is 12.9. The molecule has 2 rings (SSSR count). The molecule has 0 radical (unpaired) electrons. The zero-order chi connectivity index (χ0) is 14.8. The molecule has 1 aliphatic heterocycles. The van der Waals surface area contributed by atoms with Crippen LogP contribution < -0.4 is 10.6 Å². The Morgan fingerprint density at radius 2 is 2.10 bits per heavy atom. The monoisotopic (exact) mass is 290 g/mol. The Kier molecular flexibility index (Phi) is 4.69. The van der Waals surface area contributed by atoms with Crippen molar-refractivity contribution in [3.8, 4) is 0 Å². The van der Waals surface area contributed by atoms with E-state index in [0.717, 1.165) is 19.4 Å². The number of aryl methyl sites for hydroxylation is 1. The van der Waals surface area contributed by atoms with Gasteiger partial charge in [0.1, 0.15) is 0 Å². The molecule has 3 heteroatoms. The molecule has 1 aliphatic rings. The Morgan fingerprint density at radius 1 is 1.40 bits per heavy atom. The van der Waals surface area contributed by atoms with Crippen LogP contribution >= 0.6 is 12.2 Å². The number of hydrogen-bond donors (Lipinski definition) is 1. The number of fused-ring (bicyclic) bond motifs is 1.